The standard InChI is InChI=1S/C20H16N2O5S2/c1-27-15-9-5-2-6-12(15)10-16-18(24)22(20(28)29-16)11-17(23)21-14-8-4-3-7-13(14)19(25)26/h2-10H,11H2,1H3,(H,21,23)(H,25,26)/b16-10-. The van der Waals surface area contributed by atoms with Crippen molar-refractivity contribution < 1.29 is 24.2 Å². The van der Waals surface area contributed by atoms with Gasteiger partial charge in [0, 0.05) is 5.56 Å². The van der Waals surface area contributed by atoms with Crippen LogP contribution in [0.4, 0.5) is 5.69 Å². The average molecular weight is 428 g/mol. The molecule has 0 radical (unpaired) electrons. The van der Waals surface area contributed by atoms with Gasteiger partial charge in [-0.05, 0) is 24.3 Å². The SMILES string of the molecule is COc1ccccc1/C=C1\SC(=S)N(CC(=O)Nc2ccccc2C(=O)O)C1=O. The molecule has 2 amide bonds. The number of rotatable bonds is 6. The van der Waals surface area contributed by atoms with Crippen LogP contribution in [0, 0.1) is 0 Å². The number of hydrogen-bond donors (Lipinski definition) is 2. The number of para-hydroxylation sites is 2. The smallest absolute Gasteiger partial charge is 0.337 e. The second-order valence-electron chi connectivity index (χ2n) is 5.91. The Morgan fingerprint density at radius 1 is 1.21 bits per heavy atom. The van der Waals surface area contributed by atoms with Gasteiger partial charge in [-0.1, -0.05) is 54.3 Å². The predicted molar refractivity (Wildman–Crippen MR) is 115 cm³/mol. The largest absolute Gasteiger partial charge is 0.496 e. The van der Waals surface area contributed by atoms with E-state index in [1.165, 1.54) is 24.1 Å². The van der Waals surface area contributed by atoms with Crippen LogP contribution in [0.5, 0.6) is 5.75 Å². The van der Waals surface area contributed by atoms with E-state index in [0.29, 0.717) is 10.7 Å². The zero-order chi connectivity index (χ0) is 21.0. The molecule has 0 aromatic heterocycles. The Balaban J connectivity index is 1.75. The maximum atomic E-state index is 12.7. The van der Waals surface area contributed by atoms with Gasteiger partial charge in [0.15, 0.2) is 0 Å². The van der Waals surface area contributed by atoms with Gasteiger partial charge in [0.05, 0.1) is 23.3 Å². The van der Waals surface area contributed by atoms with Crippen molar-refractivity contribution in [1.82, 2.24) is 4.90 Å². The highest BCUT2D eigenvalue weighted by Crippen LogP contribution is 2.34. The number of nitrogens with one attached hydrogen (secondary N) is 1. The molecule has 3 rings (SSSR count). The Morgan fingerprint density at radius 2 is 1.90 bits per heavy atom. The minimum atomic E-state index is -1.16. The number of amides is 2. The molecule has 0 atom stereocenters. The first-order valence-corrected chi connectivity index (χ1v) is 9.63. The van der Waals surface area contributed by atoms with Gasteiger partial charge < -0.3 is 15.2 Å². The summed E-state index contributed by atoms with van der Waals surface area (Å²) in [4.78, 5) is 37.9. The zero-order valence-corrected chi connectivity index (χ0v) is 16.9. The molecular weight excluding hydrogens is 412 g/mol. The van der Waals surface area contributed by atoms with E-state index in [9.17, 15) is 19.5 Å². The number of ether oxygens (including phenoxy) is 1. The topological polar surface area (TPSA) is 95.9 Å². The van der Waals surface area contributed by atoms with Gasteiger partial charge in [0.2, 0.25) is 5.91 Å². The molecule has 148 valence electrons. The van der Waals surface area contributed by atoms with Crippen molar-refractivity contribution in [3.05, 3.63) is 64.6 Å². The van der Waals surface area contributed by atoms with Crippen LogP contribution in [-0.4, -0.2) is 45.8 Å². The summed E-state index contributed by atoms with van der Waals surface area (Å²) in [5, 5.41) is 11.7. The molecule has 2 N–H and O–H groups in total. The van der Waals surface area contributed by atoms with Crippen LogP contribution < -0.4 is 10.1 Å². The number of carboxylic acid groups (broad SMARTS) is 1. The van der Waals surface area contributed by atoms with E-state index in [1.807, 2.05) is 12.1 Å². The molecule has 0 unspecified atom stereocenters. The van der Waals surface area contributed by atoms with Crippen molar-refractivity contribution in [2.24, 2.45) is 0 Å². The highest BCUT2D eigenvalue weighted by Gasteiger charge is 2.33. The fourth-order valence-electron chi connectivity index (χ4n) is 2.68. The van der Waals surface area contributed by atoms with Gasteiger partial charge in [-0.25, -0.2) is 4.79 Å². The van der Waals surface area contributed by atoms with E-state index in [-0.39, 0.29) is 22.1 Å². The number of benzene rings is 2. The lowest BCUT2D eigenvalue weighted by atomic mass is 10.2. The van der Waals surface area contributed by atoms with Gasteiger partial charge in [0.1, 0.15) is 16.6 Å². The van der Waals surface area contributed by atoms with E-state index in [2.05, 4.69) is 5.32 Å². The Kier molecular flexibility index (Phi) is 6.30. The molecule has 7 nitrogen and oxygen atoms in total. The van der Waals surface area contributed by atoms with E-state index in [0.717, 1.165) is 17.3 Å². The fourth-order valence-corrected chi connectivity index (χ4v) is 3.92. The second-order valence-corrected chi connectivity index (χ2v) is 7.58. The van der Waals surface area contributed by atoms with E-state index in [4.69, 9.17) is 17.0 Å². The quantitative estimate of drug-likeness (QED) is 0.539. The first-order chi connectivity index (χ1) is 13.9. The van der Waals surface area contributed by atoms with Gasteiger partial charge in [-0.3, -0.25) is 14.5 Å². The maximum Gasteiger partial charge on any atom is 0.337 e. The van der Waals surface area contributed by atoms with Gasteiger partial charge in [0.25, 0.3) is 5.91 Å². The summed E-state index contributed by atoms with van der Waals surface area (Å²) in [5.41, 5.74) is 0.831. The first-order valence-electron chi connectivity index (χ1n) is 8.41. The average Bonchev–Trinajstić information content (AvgIpc) is 2.96. The number of carboxylic acids is 1. The Bertz CT molecular complexity index is 1040. The van der Waals surface area contributed by atoms with Crippen LogP contribution in [0.15, 0.2) is 53.4 Å². The predicted octanol–water partition coefficient (Wildman–Crippen LogP) is 3.23. The molecule has 1 fully saturated rings. The molecule has 1 saturated heterocycles. The highest BCUT2D eigenvalue weighted by molar-refractivity contribution is 8.26. The molecule has 9 heteroatoms. The minimum Gasteiger partial charge on any atom is -0.496 e. The third-order valence-electron chi connectivity index (χ3n) is 4.03. The van der Waals surface area contributed by atoms with Crippen LogP contribution in [0.3, 0.4) is 0 Å². The molecule has 2 aromatic carbocycles. The number of nitrogens with zero attached hydrogens (tertiary/aromatic N) is 1. The normalized spacial score (nSPS) is 14.9. The van der Waals surface area contributed by atoms with Gasteiger partial charge >= 0.3 is 5.97 Å². The number of carbonyl (C=O) groups excluding carboxylic acids is 2. The van der Waals surface area contributed by atoms with Crippen molar-refractivity contribution in [1.29, 1.82) is 0 Å². The van der Waals surface area contributed by atoms with Crippen molar-refractivity contribution in [3.8, 4) is 5.75 Å². The summed E-state index contributed by atoms with van der Waals surface area (Å²) < 4.78 is 5.53. The number of methoxy groups -OCH3 is 1. The van der Waals surface area contributed by atoms with Crippen LogP contribution in [0.25, 0.3) is 6.08 Å². The van der Waals surface area contributed by atoms with E-state index in [1.54, 1.807) is 30.3 Å². The lowest BCUT2D eigenvalue weighted by molar-refractivity contribution is -0.126. The van der Waals surface area contributed by atoms with Crippen molar-refractivity contribution >= 4 is 57.8 Å². The van der Waals surface area contributed by atoms with E-state index < -0.39 is 17.8 Å². The number of anilines is 1. The summed E-state index contributed by atoms with van der Waals surface area (Å²) in [6.45, 7) is -0.318. The monoisotopic (exact) mass is 428 g/mol. The van der Waals surface area contributed by atoms with Crippen molar-refractivity contribution in [3.63, 3.8) is 0 Å². The molecule has 1 heterocycles. The van der Waals surface area contributed by atoms with Crippen molar-refractivity contribution in [2.75, 3.05) is 19.0 Å². The summed E-state index contributed by atoms with van der Waals surface area (Å²) in [6, 6.07) is 13.3. The number of aromatic carboxylic acids is 1. The van der Waals surface area contributed by atoms with Crippen LogP contribution in [-0.2, 0) is 9.59 Å². The van der Waals surface area contributed by atoms with Crippen LogP contribution in [0.1, 0.15) is 15.9 Å². The van der Waals surface area contributed by atoms with E-state index >= 15 is 0 Å². The van der Waals surface area contributed by atoms with Crippen molar-refractivity contribution in [2.45, 2.75) is 0 Å². The lowest BCUT2D eigenvalue weighted by Gasteiger charge is -2.15. The van der Waals surface area contributed by atoms with Gasteiger partial charge in [-0.2, -0.15) is 0 Å². The highest BCUT2D eigenvalue weighted by atomic mass is 32.2. The first kappa shape index (κ1) is 20.6. The Hall–Kier alpha value is -3.17. The molecule has 0 bridgehead atoms. The lowest BCUT2D eigenvalue weighted by Crippen LogP contribution is -2.36. The minimum absolute atomic E-state index is 0.0395. The number of carbonyl (C=O) groups is 3. The number of thiocarbonyl (C=S) groups is 1. The van der Waals surface area contributed by atoms with Gasteiger partial charge in [-0.15, -0.1) is 0 Å². The maximum absolute atomic E-state index is 12.7. The second kappa shape index (κ2) is 8.89. The zero-order valence-electron chi connectivity index (χ0n) is 15.2. The number of hydrogen-bond acceptors (Lipinski definition) is 6. The summed E-state index contributed by atoms with van der Waals surface area (Å²) in [7, 11) is 1.54. The summed E-state index contributed by atoms with van der Waals surface area (Å²) >= 11 is 6.34. The molecule has 0 aliphatic carbocycles. The Labute approximate surface area is 176 Å². The Morgan fingerprint density at radius 3 is 2.62 bits per heavy atom. The summed E-state index contributed by atoms with van der Waals surface area (Å²) in [5.74, 6) is -1.49. The summed E-state index contributed by atoms with van der Waals surface area (Å²) in [6.07, 6.45) is 1.66. The molecule has 1 aliphatic heterocycles. The molecule has 1 aliphatic rings. The molecule has 0 spiro atoms. The number of thioether (sulfide) groups is 1. The van der Waals surface area contributed by atoms with Crippen LogP contribution >= 0.6 is 24.0 Å². The van der Waals surface area contributed by atoms with Crippen LogP contribution in [0.2, 0.25) is 0 Å². The molecule has 0 saturated carbocycles. The molecular formula is C20H16N2O5S2. The third kappa shape index (κ3) is 4.64. The third-order valence-corrected chi connectivity index (χ3v) is 5.41. The molecule has 2 aromatic rings. The molecule has 29 heavy (non-hydrogen) atoms. The fraction of sp³-hybridized carbons (Fsp3) is 0.100.